The highest BCUT2D eigenvalue weighted by Gasteiger charge is 2.17. The molecule has 1 aliphatic rings. The number of likely N-dealkylation sites (tertiary alicyclic amines) is 1. The van der Waals surface area contributed by atoms with Crippen LogP contribution in [0.25, 0.3) is 0 Å². The summed E-state index contributed by atoms with van der Waals surface area (Å²) in [4.78, 5) is 2.22. The Hall–Kier alpha value is -0.610. The molecule has 1 rings (SSSR count). The third kappa shape index (κ3) is 3.74. The van der Waals surface area contributed by atoms with E-state index in [1.165, 1.54) is 12.8 Å². The number of rotatable bonds is 2. The van der Waals surface area contributed by atoms with E-state index in [0.717, 1.165) is 25.3 Å². The van der Waals surface area contributed by atoms with Crippen molar-refractivity contribution in [1.29, 1.82) is 5.41 Å². The molecule has 0 aromatic carbocycles. The number of amidine groups is 1. The van der Waals surface area contributed by atoms with Gasteiger partial charge in [-0.25, -0.2) is 0 Å². The van der Waals surface area contributed by atoms with Crippen molar-refractivity contribution in [3.05, 3.63) is 0 Å². The Kier molecular flexibility index (Phi) is 7.85. The molecular formula is C9H22N2O2. The largest absolute Gasteiger partial charge is 0.412 e. The summed E-state index contributed by atoms with van der Waals surface area (Å²) in [6, 6.07) is 0. The molecule has 4 nitrogen and oxygen atoms in total. The molecule has 5 N–H and O–H groups in total. The first-order valence-electron chi connectivity index (χ1n) is 4.59. The predicted molar refractivity (Wildman–Crippen MR) is 55.2 cm³/mol. The summed E-state index contributed by atoms with van der Waals surface area (Å²) >= 11 is 0. The SMILES string of the molecule is CCC(C)C(=N)N1CCCC1.O.O. The fourth-order valence-corrected chi connectivity index (χ4v) is 1.46. The van der Waals surface area contributed by atoms with Crippen LogP contribution in [0.1, 0.15) is 33.1 Å². The summed E-state index contributed by atoms with van der Waals surface area (Å²) in [5.74, 6) is 1.30. The van der Waals surface area contributed by atoms with Crippen LogP contribution in [0.5, 0.6) is 0 Å². The Morgan fingerprint density at radius 3 is 2.15 bits per heavy atom. The molecule has 1 atom stereocenters. The Morgan fingerprint density at radius 2 is 1.77 bits per heavy atom. The lowest BCUT2D eigenvalue weighted by Gasteiger charge is -2.22. The van der Waals surface area contributed by atoms with Crippen LogP contribution in [0.4, 0.5) is 0 Å². The Morgan fingerprint density at radius 1 is 1.31 bits per heavy atom. The summed E-state index contributed by atoms with van der Waals surface area (Å²) in [6.07, 6.45) is 3.65. The molecule has 0 saturated carbocycles. The van der Waals surface area contributed by atoms with Crippen molar-refractivity contribution in [2.75, 3.05) is 13.1 Å². The van der Waals surface area contributed by atoms with E-state index in [0.29, 0.717) is 5.92 Å². The van der Waals surface area contributed by atoms with E-state index in [-0.39, 0.29) is 11.0 Å². The van der Waals surface area contributed by atoms with Crippen LogP contribution in [0.15, 0.2) is 0 Å². The van der Waals surface area contributed by atoms with Gasteiger partial charge in [0.15, 0.2) is 0 Å². The molecular weight excluding hydrogens is 168 g/mol. The normalized spacial score (nSPS) is 17.2. The van der Waals surface area contributed by atoms with Crippen LogP contribution in [0.3, 0.4) is 0 Å². The summed E-state index contributed by atoms with van der Waals surface area (Å²) in [7, 11) is 0. The molecule has 0 radical (unpaired) electrons. The molecule has 1 aliphatic heterocycles. The molecule has 0 aromatic heterocycles. The highest BCUT2D eigenvalue weighted by Crippen LogP contribution is 2.13. The minimum Gasteiger partial charge on any atom is -0.412 e. The average molecular weight is 190 g/mol. The van der Waals surface area contributed by atoms with Gasteiger partial charge in [0.1, 0.15) is 0 Å². The van der Waals surface area contributed by atoms with Crippen LogP contribution in [-0.2, 0) is 0 Å². The maximum absolute atomic E-state index is 7.82. The average Bonchev–Trinajstić information content (AvgIpc) is 2.53. The first-order valence-corrected chi connectivity index (χ1v) is 4.59. The van der Waals surface area contributed by atoms with Crippen LogP contribution in [0, 0.1) is 11.3 Å². The fourth-order valence-electron chi connectivity index (χ4n) is 1.46. The quantitative estimate of drug-likeness (QED) is 0.497. The molecule has 13 heavy (non-hydrogen) atoms. The van der Waals surface area contributed by atoms with Gasteiger partial charge in [-0.1, -0.05) is 13.8 Å². The molecule has 80 valence electrons. The first-order chi connectivity index (χ1) is 5.25. The van der Waals surface area contributed by atoms with Crippen molar-refractivity contribution < 1.29 is 11.0 Å². The highest BCUT2D eigenvalue weighted by atomic mass is 16.0. The number of hydrogen-bond acceptors (Lipinski definition) is 1. The van der Waals surface area contributed by atoms with Crippen LogP contribution in [0.2, 0.25) is 0 Å². The minimum atomic E-state index is 0. The second-order valence-electron chi connectivity index (χ2n) is 3.39. The molecule has 4 heteroatoms. The topological polar surface area (TPSA) is 90.1 Å². The zero-order chi connectivity index (χ0) is 8.27. The van der Waals surface area contributed by atoms with E-state index in [9.17, 15) is 0 Å². The lowest BCUT2D eigenvalue weighted by atomic mass is 10.1. The van der Waals surface area contributed by atoms with E-state index in [2.05, 4.69) is 18.7 Å². The standard InChI is InChI=1S/C9H18N2.2H2O/c1-3-8(2)9(10)11-6-4-5-7-11;;/h8,10H,3-7H2,1-2H3;2*1H2. The second kappa shape index (κ2) is 6.86. The Bertz CT molecular complexity index is 145. The van der Waals surface area contributed by atoms with Crippen LogP contribution in [-0.4, -0.2) is 34.8 Å². The third-order valence-corrected chi connectivity index (χ3v) is 2.53. The van der Waals surface area contributed by atoms with Crippen molar-refractivity contribution in [1.82, 2.24) is 4.90 Å². The Balaban J connectivity index is 0. The summed E-state index contributed by atoms with van der Waals surface area (Å²) in [6.45, 7) is 6.52. The van der Waals surface area contributed by atoms with Gasteiger partial charge >= 0.3 is 0 Å². The van der Waals surface area contributed by atoms with Gasteiger partial charge in [-0.15, -0.1) is 0 Å². The van der Waals surface area contributed by atoms with Gasteiger partial charge < -0.3 is 15.9 Å². The van der Waals surface area contributed by atoms with Crippen molar-refractivity contribution in [2.24, 2.45) is 5.92 Å². The van der Waals surface area contributed by atoms with E-state index in [4.69, 9.17) is 5.41 Å². The van der Waals surface area contributed by atoms with Crippen molar-refractivity contribution in [3.8, 4) is 0 Å². The van der Waals surface area contributed by atoms with Gasteiger partial charge in [0.05, 0.1) is 5.84 Å². The summed E-state index contributed by atoms with van der Waals surface area (Å²) in [5.41, 5.74) is 0. The monoisotopic (exact) mass is 190 g/mol. The van der Waals surface area contributed by atoms with Gasteiger partial charge in [0.2, 0.25) is 0 Å². The lowest BCUT2D eigenvalue weighted by Crippen LogP contribution is -2.31. The minimum absolute atomic E-state index is 0. The van der Waals surface area contributed by atoms with Crippen molar-refractivity contribution >= 4 is 5.84 Å². The molecule has 1 fully saturated rings. The smallest absolute Gasteiger partial charge is 0.0986 e. The van der Waals surface area contributed by atoms with E-state index in [1.807, 2.05) is 0 Å². The maximum atomic E-state index is 7.82. The van der Waals surface area contributed by atoms with Gasteiger partial charge in [-0.2, -0.15) is 0 Å². The molecule has 0 aliphatic carbocycles. The first kappa shape index (κ1) is 14.9. The van der Waals surface area contributed by atoms with Crippen molar-refractivity contribution in [2.45, 2.75) is 33.1 Å². The van der Waals surface area contributed by atoms with Crippen molar-refractivity contribution in [3.63, 3.8) is 0 Å². The molecule has 1 unspecified atom stereocenters. The number of nitrogens with one attached hydrogen (secondary N) is 1. The molecule has 1 heterocycles. The third-order valence-electron chi connectivity index (χ3n) is 2.53. The molecule has 0 aromatic rings. The summed E-state index contributed by atoms with van der Waals surface area (Å²) < 4.78 is 0. The molecule has 0 spiro atoms. The van der Waals surface area contributed by atoms with Crippen LogP contribution < -0.4 is 0 Å². The van der Waals surface area contributed by atoms with Gasteiger partial charge in [-0.3, -0.25) is 5.41 Å². The molecule has 0 bridgehead atoms. The number of hydrogen-bond donors (Lipinski definition) is 1. The van der Waals surface area contributed by atoms with Gasteiger partial charge in [0.25, 0.3) is 0 Å². The zero-order valence-corrected chi connectivity index (χ0v) is 8.56. The van der Waals surface area contributed by atoms with Gasteiger partial charge in [-0.05, 0) is 19.3 Å². The summed E-state index contributed by atoms with van der Waals surface area (Å²) in [5, 5.41) is 7.82. The fraction of sp³-hybridized carbons (Fsp3) is 0.889. The second-order valence-corrected chi connectivity index (χ2v) is 3.39. The predicted octanol–water partition coefficient (Wildman–Crippen LogP) is 0.456. The van der Waals surface area contributed by atoms with E-state index < -0.39 is 0 Å². The van der Waals surface area contributed by atoms with Gasteiger partial charge in [0, 0.05) is 19.0 Å². The van der Waals surface area contributed by atoms with E-state index in [1.54, 1.807) is 0 Å². The Labute approximate surface area is 80.1 Å². The lowest BCUT2D eigenvalue weighted by molar-refractivity contribution is 0.473. The van der Waals surface area contributed by atoms with E-state index >= 15 is 0 Å². The highest BCUT2D eigenvalue weighted by molar-refractivity contribution is 5.81. The number of nitrogens with zero attached hydrogens (tertiary/aromatic N) is 1. The maximum Gasteiger partial charge on any atom is 0.0986 e. The van der Waals surface area contributed by atoms with Crippen LogP contribution >= 0.6 is 0 Å². The molecule has 0 amide bonds. The zero-order valence-electron chi connectivity index (χ0n) is 8.56. The molecule has 1 saturated heterocycles.